The zero-order valence-corrected chi connectivity index (χ0v) is 7.18. The van der Waals surface area contributed by atoms with Crippen molar-refractivity contribution in [1.82, 2.24) is 0 Å². The maximum absolute atomic E-state index is 3.24. The molecule has 0 aliphatic heterocycles. The lowest BCUT2D eigenvalue weighted by molar-refractivity contribution is 1.54. The van der Waals surface area contributed by atoms with Crippen molar-refractivity contribution in [3.8, 4) is 0 Å². The first-order chi connectivity index (χ1) is 2.27. The van der Waals surface area contributed by atoms with E-state index in [0.29, 0.717) is 3.74 Å². The fraction of sp³-hybridized carbons (Fsp3) is 1.00. The van der Waals surface area contributed by atoms with Gasteiger partial charge in [0.05, 0.1) is 3.74 Å². The van der Waals surface area contributed by atoms with Crippen molar-refractivity contribution in [1.29, 1.82) is 0 Å². The van der Waals surface area contributed by atoms with Gasteiger partial charge in [0.15, 0.2) is 0 Å². The highest BCUT2D eigenvalue weighted by atomic mass is 79.9. The molecule has 0 spiro atoms. The summed E-state index contributed by atoms with van der Waals surface area (Å²) in [6.07, 6.45) is 0. The largest absolute Gasteiger partial charge is 0.0907 e. The van der Waals surface area contributed by atoms with Crippen molar-refractivity contribution < 1.29 is 0 Å². The van der Waals surface area contributed by atoms with E-state index in [0.717, 1.165) is 5.33 Å². The smallest absolute Gasteiger partial charge is 0.0794 e. The minimum atomic E-state index is 0.426. The molecule has 0 N–H and O–H groups in total. The molecule has 0 atom stereocenters. The molecule has 3 heteroatoms. The number of halogens is 3. The van der Waals surface area contributed by atoms with Crippen LogP contribution >= 0.6 is 47.8 Å². The summed E-state index contributed by atoms with van der Waals surface area (Å²) in [6, 6.07) is 0. The Morgan fingerprint density at radius 3 is 1.60 bits per heavy atom. The first-order valence-corrected chi connectivity index (χ1v) is 4.06. The third-order valence-electron chi connectivity index (χ3n) is 0.117. The molecule has 0 saturated heterocycles. The summed E-state index contributed by atoms with van der Waals surface area (Å²) in [6.45, 7) is 0. The van der Waals surface area contributed by atoms with Gasteiger partial charge in [-0.05, 0) is 0 Å². The fourth-order valence-corrected chi connectivity index (χ4v) is 0. The Morgan fingerprint density at radius 1 is 1.40 bits per heavy atom. The van der Waals surface area contributed by atoms with E-state index in [1.54, 1.807) is 0 Å². The first kappa shape index (κ1) is 6.44. The fourth-order valence-electron chi connectivity index (χ4n) is 0. The second-order valence-electron chi connectivity index (χ2n) is 0.545. The van der Waals surface area contributed by atoms with E-state index in [-0.39, 0.29) is 0 Å². The molecule has 0 aromatic rings. The first-order valence-electron chi connectivity index (χ1n) is 1.11. The molecule has 0 bridgehead atoms. The van der Waals surface area contributed by atoms with E-state index in [2.05, 4.69) is 47.8 Å². The molecule has 0 fully saturated rings. The van der Waals surface area contributed by atoms with Gasteiger partial charge in [0, 0.05) is 5.33 Å². The summed E-state index contributed by atoms with van der Waals surface area (Å²) in [4.78, 5) is 0. The molecule has 0 amide bonds. The van der Waals surface area contributed by atoms with Crippen LogP contribution in [0.15, 0.2) is 0 Å². The highest BCUT2D eigenvalue weighted by Gasteiger charge is 1.87. The number of hydrogen-bond donors (Lipinski definition) is 0. The molecule has 0 aromatic carbocycles. The molecule has 0 aliphatic rings. The van der Waals surface area contributed by atoms with Crippen molar-refractivity contribution in [2.45, 2.75) is 3.74 Å². The third-order valence-corrected chi connectivity index (χ3v) is 3.15. The molecule has 32 valence electrons. The normalized spacial score (nSPS) is 9.60. The van der Waals surface area contributed by atoms with Gasteiger partial charge in [-0.15, -0.1) is 0 Å². The Labute approximate surface area is 56.7 Å². The third kappa shape index (κ3) is 5.44. The summed E-state index contributed by atoms with van der Waals surface area (Å²) in [5.74, 6) is 0. The van der Waals surface area contributed by atoms with Crippen LogP contribution in [0.25, 0.3) is 0 Å². The predicted octanol–water partition coefficient (Wildman–Crippen LogP) is 2.50. The summed E-state index contributed by atoms with van der Waals surface area (Å²) in [7, 11) is 0. The van der Waals surface area contributed by atoms with E-state index < -0.39 is 0 Å². The molecule has 0 radical (unpaired) electrons. The predicted molar refractivity (Wildman–Crippen MR) is 35.4 cm³/mol. The summed E-state index contributed by atoms with van der Waals surface area (Å²) in [5.41, 5.74) is 0. The van der Waals surface area contributed by atoms with Gasteiger partial charge in [-0.25, -0.2) is 0 Å². The molecule has 0 nitrogen and oxygen atoms in total. The van der Waals surface area contributed by atoms with Crippen LogP contribution < -0.4 is 0 Å². The van der Waals surface area contributed by atoms with Gasteiger partial charge in [0.25, 0.3) is 0 Å². The Balaban J connectivity index is 2.54. The van der Waals surface area contributed by atoms with E-state index in [1.165, 1.54) is 0 Å². The molecule has 0 unspecified atom stereocenters. The van der Waals surface area contributed by atoms with E-state index in [4.69, 9.17) is 0 Å². The van der Waals surface area contributed by atoms with Gasteiger partial charge in [0.1, 0.15) is 0 Å². The monoisotopic (exact) mass is 264 g/mol. The van der Waals surface area contributed by atoms with Gasteiger partial charge in [0.2, 0.25) is 0 Å². The van der Waals surface area contributed by atoms with Crippen LogP contribution in [0, 0.1) is 0 Å². The summed E-state index contributed by atoms with van der Waals surface area (Å²) in [5, 5.41) is 0.951. The van der Waals surface area contributed by atoms with Crippen LogP contribution in [0.1, 0.15) is 0 Å². The number of alkyl halides is 3. The molecular weight excluding hydrogens is 264 g/mol. The molecule has 0 rings (SSSR count). The zero-order chi connectivity index (χ0) is 4.28. The Kier molecular flexibility index (Phi) is 4.67. The van der Waals surface area contributed by atoms with Crippen LogP contribution in [0.2, 0.25) is 0 Å². The van der Waals surface area contributed by atoms with Gasteiger partial charge in [-0.1, -0.05) is 47.8 Å². The zero-order valence-electron chi connectivity index (χ0n) is 2.42. The van der Waals surface area contributed by atoms with Gasteiger partial charge < -0.3 is 0 Å². The van der Waals surface area contributed by atoms with Crippen LogP contribution in [-0.2, 0) is 0 Å². The van der Waals surface area contributed by atoms with Crippen molar-refractivity contribution in [2.24, 2.45) is 0 Å². The second-order valence-corrected chi connectivity index (χ2v) is 4.63. The number of hydrogen-bond acceptors (Lipinski definition) is 0. The average molecular weight is 267 g/mol. The van der Waals surface area contributed by atoms with Crippen LogP contribution in [0.3, 0.4) is 0 Å². The molecule has 5 heavy (non-hydrogen) atoms. The average Bonchev–Trinajstić information content (AvgIpc) is 1.38. The lowest BCUT2D eigenvalue weighted by atomic mass is 11.0. The standard InChI is InChI=1S/C2H3Br3/c3-1-2(4)5/h2H,1H2. The topological polar surface area (TPSA) is 0 Å². The number of rotatable bonds is 1. The van der Waals surface area contributed by atoms with E-state index >= 15 is 0 Å². The van der Waals surface area contributed by atoms with Crippen LogP contribution in [0.5, 0.6) is 0 Å². The summed E-state index contributed by atoms with van der Waals surface area (Å²) >= 11 is 9.71. The lowest BCUT2D eigenvalue weighted by Crippen LogP contribution is -1.79. The Hall–Kier alpha value is 1.44. The molecule has 0 heterocycles. The minimum Gasteiger partial charge on any atom is -0.0907 e. The molecule has 0 saturated carbocycles. The summed E-state index contributed by atoms with van der Waals surface area (Å²) < 4.78 is 0.426. The Bertz CT molecular complexity index is 18.9. The molecule has 0 aliphatic carbocycles. The van der Waals surface area contributed by atoms with Crippen molar-refractivity contribution in [3.05, 3.63) is 0 Å². The van der Waals surface area contributed by atoms with E-state index in [9.17, 15) is 0 Å². The van der Waals surface area contributed by atoms with Crippen molar-refractivity contribution >= 4 is 47.8 Å². The minimum absolute atomic E-state index is 0.426. The second kappa shape index (κ2) is 3.62. The van der Waals surface area contributed by atoms with Crippen molar-refractivity contribution in [3.63, 3.8) is 0 Å². The molecular formula is C2H3Br3. The van der Waals surface area contributed by atoms with Crippen molar-refractivity contribution in [2.75, 3.05) is 5.33 Å². The van der Waals surface area contributed by atoms with Gasteiger partial charge in [-0.3, -0.25) is 0 Å². The Morgan fingerprint density at radius 2 is 1.60 bits per heavy atom. The maximum atomic E-state index is 3.24. The van der Waals surface area contributed by atoms with Crippen LogP contribution in [0.4, 0.5) is 0 Å². The van der Waals surface area contributed by atoms with E-state index in [1.807, 2.05) is 0 Å². The quantitative estimate of drug-likeness (QED) is 0.640. The molecule has 0 aromatic heterocycles. The van der Waals surface area contributed by atoms with Crippen LogP contribution in [-0.4, -0.2) is 9.07 Å². The highest BCUT2D eigenvalue weighted by Crippen LogP contribution is 2.09. The van der Waals surface area contributed by atoms with Gasteiger partial charge >= 0.3 is 0 Å². The lowest BCUT2D eigenvalue weighted by Gasteiger charge is -1.83. The maximum Gasteiger partial charge on any atom is 0.0794 e. The van der Waals surface area contributed by atoms with Gasteiger partial charge in [-0.2, -0.15) is 0 Å². The highest BCUT2D eigenvalue weighted by molar-refractivity contribution is 9.25. The SMILES string of the molecule is BrCC(Br)Br.